The Kier molecular flexibility index (Phi) is 4.03. The lowest BCUT2D eigenvalue weighted by molar-refractivity contribution is -0.137. The standard InChI is InChI=1S/C12H10F3N5O/c13-12(14,15)7-2-3-9(20-16)8(6-7)10(21)19-11-17-4-1-5-18-11/h1-6,20H,16H2,(H,17,18,19,21). The van der Waals surface area contributed by atoms with Crippen LogP contribution in [0.15, 0.2) is 36.7 Å². The number of aromatic nitrogens is 2. The Balaban J connectivity index is 2.34. The Bertz CT molecular complexity index is 645. The van der Waals surface area contributed by atoms with E-state index in [1.54, 1.807) is 0 Å². The van der Waals surface area contributed by atoms with Crippen LogP contribution in [0.4, 0.5) is 24.8 Å². The molecule has 0 saturated heterocycles. The molecule has 0 spiro atoms. The molecule has 1 amide bonds. The summed E-state index contributed by atoms with van der Waals surface area (Å²) in [5.74, 6) is 4.37. The molecule has 2 aromatic rings. The van der Waals surface area contributed by atoms with Gasteiger partial charge in [-0.2, -0.15) is 13.2 Å². The molecule has 1 heterocycles. The Morgan fingerprint density at radius 1 is 1.19 bits per heavy atom. The Morgan fingerprint density at radius 3 is 2.43 bits per heavy atom. The molecule has 0 aliphatic rings. The fourth-order valence-corrected chi connectivity index (χ4v) is 1.57. The molecule has 110 valence electrons. The molecule has 2 rings (SSSR count). The number of nitrogens with two attached hydrogens (primary N) is 1. The number of amides is 1. The first-order valence-electron chi connectivity index (χ1n) is 5.68. The first-order chi connectivity index (χ1) is 9.91. The third-order valence-electron chi connectivity index (χ3n) is 2.54. The van der Waals surface area contributed by atoms with Crippen LogP contribution in [0.2, 0.25) is 0 Å². The number of carbonyl (C=O) groups excluding carboxylic acids is 1. The number of nitrogens with one attached hydrogen (secondary N) is 2. The average molecular weight is 297 g/mol. The molecule has 0 aliphatic heterocycles. The number of halogens is 3. The van der Waals surface area contributed by atoms with Crippen molar-refractivity contribution < 1.29 is 18.0 Å². The van der Waals surface area contributed by atoms with Crippen molar-refractivity contribution in [1.29, 1.82) is 0 Å². The highest BCUT2D eigenvalue weighted by molar-refractivity contribution is 6.07. The number of hydrazine groups is 1. The molecule has 0 fully saturated rings. The summed E-state index contributed by atoms with van der Waals surface area (Å²) in [4.78, 5) is 19.5. The number of benzene rings is 1. The van der Waals surface area contributed by atoms with Crippen molar-refractivity contribution in [2.24, 2.45) is 5.84 Å². The zero-order valence-electron chi connectivity index (χ0n) is 10.5. The Hall–Kier alpha value is -2.68. The van der Waals surface area contributed by atoms with Gasteiger partial charge < -0.3 is 5.43 Å². The zero-order chi connectivity index (χ0) is 15.5. The van der Waals surface area contributed by atoms with E-state index >= 15 is 0 Å². The predicted molar refractivity (Wildman–Crippen MR) is 69.2 cm³/mol. The van der Waals surface area contributed by atoms with Gasteiger partial charge in [-0.1, -0.05) is 0 Å². The minimum Gasteiger partial charge on any atom is -0.323 e. The van der Waals surface area contributed by atoms with Gasteiger partial charge in [0.2, 0.25) is 5.95 Å². The predicted octanol–water partition coefficient (Wildman–Crippen LogP) is 2.03. The summed E-state index contributed by atoms with van der Waals surface area (Å²) in [6.45, 7) is 0. The minimum atomic E-state index is -4.56. The summed E-state index contributed by atoms with van der Waals surface area (Å²) in [6, 6.07) is 4.13. The van der Waals surface area contributed by atoms with Crippen molar-refractivity contribution in [2.75, 3.05) is 10.7 Å². The molecule has 21 heavy (non-hydrogen) atoms. The van der Waals surface area contributed by atoms with Crippen LogP contribution in [0.25, 0.3) is 0 Å². The smallest absolute Gasteiger partial charge is 0.323 e. The molecule has 0 bridgehead atoms. The number of hydrogen-bond acceptors (Lipinski definition) is 5. The van der Waals surface area contributed by atoms with Crippen molar-refractivity contribution in [2.45, 2.75) is 6.18 Å². The Morgan fingerprint density at radius 2 is 1.86 bits per heavy atom. The molecule has 9 heteroatoms. The van der Waals surface area contributed by atoms with E-state index in [2.05, 4.69) is 20.7 Å². The van der Waals surface area contributed by atoms with Gasteiger partial charge >= 0.3 is 6.18 Å². The lowest BCUT2D eigenvalue weighted by atomic mass is 10.1. The largest absolute Gasteiger partial charge is 0.416 e. The number of hydrogen-bond donors (Lipinski definition) is 3. The van der Waals surface area contributed by atoms with Crippen LogP contribution in [-0.2, 0) is 6.18 Å². The Labute approximate surface area is 117 Å². The third kappa shape index (κ3) is 3.45. The maximum atomic E-state index is 12.7. The van der Waals surface area contributed by atoms with Gasteiger partial charge in [-0.05, 0) is 24.3 Å². The summed E-state index contributed by atoms with van der Waals surface area (Å²) >= 11 is 0. The first kappa shape index (κ1) is 14.7. The molecule has 1 aromatic heterocycles. The van der Waals surface area contributed by atoms with Crippen LogP contribution < -0.4 is 16.6 Å². The number of carbonyl (C=O) groups is 1. The molecule has 0 radical (unpaired) electrons. The van der Waals surface area contributed by atoms with E-state index in [0.29, 0.717) is 6.07 Å². The highest BCUT2D eigenvalue weighted by atomic mass is 19.4. The molecule has 0 saturated carbocycles. The van der Waals surface area contributed by atoms with Crippen LogP contribution in [-0.4, -0.2) is 15.9 Å². The van der Waals surface area contributed by atoms with Crippen molar-refractivity contribution in [1.82, 2.24) is 9.97 Å². The molecule has 4 N–H and O–H groups in total. The normalized spacial score (nSPS) is 11.0. The second kappa shape index (κ2) is 5.75. The second-order valence-corrected chi connectivity index (χ2v) is 3.93. The van der Waals surface area contributed by atoms with Crippen LogP contribution in [0.5, 0.6) is 0 Å². The van der Waals surface area contributed by atoms with E-state index in [0.717, 1.165) is 12.1 Å². The van der Waals surface area contributed by atoms with Crippen molar-refractivity contribution in [3.05, 3.63) is 47.8 Å². The average Bonchev–Trinajstić information content (AvgIpc) is 2.46. The summed E-state index contributed by atoms with van der Waals surface area (Å²) in [6.07, 6.45) is -1.79. The summed E-state index contributed by atoms with van der Waals surface area (Å²) < 4.78 is 38.1. The SMILES string of the molecule is NNc1ccc(C(F)(F)F)cc1C(=O)Nc1ncccn1. The maximum absolute atomic E-state index is 12.7. The van der Waals surface area contributed by atoms with Gasteiger partial charge in [-0.3, -0.25) is 16.0 Å². The maximum Gasteiger partial charge on any atom is 0.416 e. The van der Waals surface area contributed by atoms with Crippen molar-refractivity contribution in [3.8, 4) is 0 Å². The lowest BCUT2D eigenvalue weighted by Gasteiger charge is -2.12. The van der Waals surface area contributed by atoms with Gasteiger partial charge in [0.1, 0.15) is 0 Å². The van der Waals surface area contributed by atoms with E-state index in [4.69, 9.17) is 5.84 Å². The highest BCUT2D eigenvalue weighted by Gasteiger charge is 2.31. The van der Waals surface area contributed by atoms with Crippen LogP contribution in [0, 0.1) is 0 Å². The van der Waals surface area contributed by atoms with E-state index in [1.807, 2.05) is 0 Å². The minimum absolute atomic E-state index is 0.0251. The number of nitrogen functional groups attached to an aromatic ring is 1. The van der Waals surface area contributed by atoms with Gasteiger partial charge in [0.15, 0.2) is 0 Å². The lowest BCUT2D eigenvalue weighted by Crippen LogP contribution is -2.19. The first-order valence-corrected chi connectivity index (χ1v) is 5.68. The van der Waals surface area contributed by atoms with Gasteiger partial charge in [0, 0.05) is 12.4 Å². The van der Waals surface area contributed by atoms with Gasteiger partial charge in [0.25, 0.3) is 5.91 Å². The molecule has 0 aliphatic carbocycles. The summed E-state index contributed by atoms with van der Waals surface area (Å²) in [5, 5.41) is 2.29. The highest BCUT2D eigenvalue weighted by Crippen LogP contribution is 2.31. The fraction of sp³-hybridized carbons (Fsp3) is 0.0833. The van der Waals surface area contributed by atoms with Gasteiger partial charge in [-0.25, -0.2) is 9.97 Å². The summed E-state index contributed by atoms with van der Waals surface area (Å²) in [5.41, 5.74) is 1.00. The quantitative estimate of drug-likeness (QED) is 0.595. The van der Waals surface area contributed by atoms with E-state index in [-0.39, 0.29) is 17.2 Å². The van der Waals surface area contributed by atoms with Crippen LogP contribution in [0.1, 0.15) is 15.9 Å². The van der Waals surface area contributed by atoms with Crippen LogP contribution in [0.3, 0.4) is 0 Å². The topological polar surface area (TPSA) is 92.9 Å². The molecular formula is C12H10F3N5O. The van der Waals surface area contributed by atoms with E-state index in [1.165, 1.54) is 18.5 Å². The molecule has 0 unspecified atom stereocenters. The monoisotopic (exact) mass is 297 g/mol. The molecular weight excluding hydrogens is 287 g/mol. The van der Waals surface area contributed by atoms with E-state index in [9.17, 15) is 18.0 Å². The summed E-state index contributed by atoms with van der Waals surface area (Å²) in [7, 11) is 0. The van der Waals surface area contributed by atoms with Crippen LogP contribution >= 0.6 is 0 Å². The second-order valence-electron chi connectivity index (χ2n) is 3.93. The molecule has 6 nitrogen and oxygen atoms in total. The third-order valence-corrected chi connectivity index (χ3v) is 2.54. The number of alkyl halides is 3. The number of rotatable bonds is 3. The van der Waals surface area contributed by atoms with Gasteiger partial charge in [0.05, 0.1) is 16.8 Å². The van der Waals surface area contributed by atoms with Crippen molar-refractivity contribution in [3.63, 3.8) is 0 Å². The van der Waals surface area contributed by atoms with E-state index < -0.39 is 17.6 Å². The molecule has 0 atom stereocenters. The number of anilines is 2. The fourth-order valence-electron chi connectivity index (χ4n) is 1.57. The molecule has 1 aromatic carbocycles. The van der Waals surface area contributed by atoms with Gasteiger partial charge in [-0.15, -0.1) is 0 Å². The number of nitrogens with zero attached hydrogens (tertiary/aromatic N) is 2. The van der Waals surface area contributed by atoms with Crippen molar-refractivity contribution >= 4 is 17.5 Å². The zero-order valence-corrected chi connectivity index (χ0v) is 10.5.